The third kappa shape index (κ3) is 1.90. The quantitative estimate of drug-likeness (QED) is 0.761. The Morgan fingerprint density at radius 2 is 2.05 bits per heavy atom. The second-order valence-corrected chi connectivity index (χ2v) is 5.12. The van der Waals surface area contributed by atoms with Gasteiger partial charge in [-0.25, -0.2) is 9.59 Å². The van der Waals surface area contributed by atoms with Crippen LogP contribution in [0.4, 0.5) is 0 Å². The Morgan fingerprint density at radius 3 is 2.79 bits per heavy atom. The molecule has 3 rings (SSSR count). The number of aromatic nitrogens is 2. The first-order chi connectivity index (χ1) is 9.08. The summed E-state index contributed by atoms with van der Waals surface area (Å²) in [6, 6.07) is 0.246. The highest BCUT2D eigenvalue weighted by Gasteiger charge is 2.38. The van der Waals surface area contributed by atoms with Crippen LogP contribution in [0.5, 0.6) is 0 Å². The number of nitrogens with zero attached hydrogens (tertiary/aromatic N) is 2. The van der Waals surface area contributed by atoms with E-state index >= 15 is 0 Å². The van der Waals surface area contributed by atoms with E-state index in [1.165, 1.54) is 10.8 Å². The van der Waals surface area contributed by atoms with Gasteiger partial charge in [0.25, 0.3) is 5.56 Å². The minimum absolute atomic E-state index is 0.0371. The SMILES string of the molecule is O=C(O)c1cn(C2CCN3CCCC23)c(=O)[nH]c1=O. The van der Waals surface area contributed by atoms with Gasteiger partial charge < -0.3 is 5.11 Å². The lowest BCUT2D eigenvalue weighted by atomic mass is 10.1. The molecule has 0 aromatic carbocycles. The minimum Gasteiger partial charge on any atom is -0.477 e. The number of carbonyl (C=O) groups is 1. The zero-order chi connectivity index (χ0) is 13.6. The Hall–Kier alpha value is -1.89. The lowest BCUT2D eigenvalue weighted by Crippen LogP contribution is -2.38. The molecule has 0 aliphatic carbocycles. The van der Waals surface area contributed by atoms with Crippen molar-refractivity contribution in [2.24, 2.45) is 0 Å². The van der Waals surface area contributed by atoms with Crippen molar-refractivity contribution < 1.29 is 9.90 Å². The van der Waals surface area contributed by atoms with Gasteiger partial charge in [0.15, 0.2) is 0 Å². The van der Waals surface area contributed by atoms with Gasteiger partial charge in [-0.1, -0.05) is 0 Å². The summed E-state index contributed by atoms with van der Waals surface area (Å²) in [6.45, 7) is 1.95. The fraction of sp³-hybridized carbons (Fsp3) is 0.583. The lowest BCUT2D eigenvalue weighted by molar-refractivity contribution is 0.0693. The molecule has 1 aromatic heterocycles. The first-order valence-corrected chi connectivity index (χ1v) is 6.41. The number of hydrogen-bond donors (Lipinski definition) is 2. The van der Waals surface area contributed by atoms with E-state index in [2.05, 4.69) is 9.88 Å². The van der Waals surface area contributed by atoms with Crippen LogP contribution in [0.3, 0.4) is 0 Å². The van der Waals surface area contributed by atoms with Crippen LogP contribution in [-0.2, 0) is 0 Å². The number of rotatable bonds is 2. The Labute approximate surface area is 108 Å². The van der Waals surface area contributed by atoms with Crippen LogP contribution in [0, 0.1) is 0 Å². The number of fused-ring (bicyclic) bond motifs is 1. The van der Waals surface area contributed by atoms with Crippen LogP contribution < -0.4 is 11.2 Å². The van der Waals surface area contributed by atoms with Crippen LogP contribution >= 0.6 is 0 Å². The lowest BCUT2D eigenvalue weighted by Gasteiger charge is -2.22. The summed E-state index contributed by atoms with van der Waals surface area (Å²) in [5.41, 5.74) is -1.74. The highest BCUT2D eigenvalue weighted by molar-refractivity contribution is 5.86. The number of aromatic amines is 1. The Bertz CT molecular complexity index is 633. The van der Waals surface area contributed by atoms with Crippen molar-refractivity contribution >= 4 is 5.97 Å². The molecule has 2 N–H and O–H groups in total. The summed E-state index contributed by atoms with van der Waals surface area (Å²) in [5, 5.41) is 8.97. The van der Waals surface area contributed by atoms with E-state index in [9.17, 15) is 14.4 Å². The summed E-state index contributed by atoms with van der Waals surface area (Å²) in [5.74, 6) is -1.31. The highest BCUT2D eigenvalue weighted by atomic mass is 16.4. The molecule has 0 bridgehead atoms. The number of carboxylic acid groups (broad SMARTS) is 1. The molecule has 102 valence electrons. The molecule has 2 fully saturated rings. The molecular formula is C12H15N3O4. The van der Waals surface area contributed by atoms with Crippen LogP contribution in [-0.4, -0.2) is 44.7 Å². The van der Waals surface area contributed by atoms with Crippen LogP contribution in [0.15, 0.2) is 15.8 Å². The van der Waals surface area contributed by atoms with Gasteiger partial charge in [-0.05, 0) is 25.8 Å². The Morgan fingerprint density at radius 1 is 1.26 bits per heavy atom. The predicted molar refractivity (Wildman–Crippen MR) is 66.5 cm³/mol. The van der Waals surface area contributed by atoms with E-state index in [0.717, 1.165) is 32.4 Å². The van der Waals surface area contributed by atoms with E-state index in [-0.39, 0.29) is 17.6 Å². The van der Waals surface area contributed by atoms with Gasteiger partial charge in [0.2, 0.25) is 0 Å². The maximum Gasteiger partial charge on any atom is 0.342 e. The third-order valence-electron chi connectivity index (χ3n) is 4.13. The smallest absolute Gasteiger partial charge is 0.342 e. The summed E-state index contributed by atoms with van der Waals surface area (Å²) >= 11 is 0. The molecule has 0 radical (unpaired) electrons. The maximum atomic E-state index is 11.9. The van der Waals surface area contributed by atoms with Gasteiger partial charge in [-0.15, -0.1) is 0 Å². The summed E-state index contributed by atoms with van der Waals surface area (Å²) < 4.78 is 1.39. The number of hydrogen-bond acceptors (Lipinski definition) is 4. The van der Waals surface area contributed by atoms with E-state index in [4.69, 9.17) is 5.11 Å². The molecule has 2 aliphatic heterocycles. The Kier molecular flexibility index (Phi) is 2.78. The van der Waals surface area contributed by atoms with Crippen LogP contribution in [0.2, 0.25) is 0 Å². The summed E-state index contributed by atoms with van der Waals surface area (Å²) in [6.07, 6.45) is 4.12. The molecule has 2 unspecified atom stereocenters. The fourth-order valence-electron chi connectivity index (χ4n) is 3.26. The fourth-order valence-corrected chi connectivity index (χ4v) is 3.26. The standard InChI is InChI=1S/C12H15N3O4/c16-10-7(11(17)18)6-15(12(19)13-10)9-3-5-14-4-1-2-8(9)14/h6,8-9H,1-5H2,(H,17,18)(H,13,16,19). The normalized spacial score (nSPS) is 26.5. The molecule has 7 heteroatoms. The summed E-state index contributed by atoms with van der Waals surface area (Å²) in [4.78, 5) is 38.7. The molecule has 2 aliphatic rings. The third-order valence-corrected chi connectivity index (χ3v) is 4.13. The molecule has 1 aromatic rings. The van der Waals surface area contributed by atoms with Gasteiger partial charge in [-0.2, -0.15) is 0 Å². The van der Waals surface area contributed by atoms with E-state index < -0.39 is 17.2 Å². The van der Waals surface area contributed by atoms with Gasteiger partial charge in [0.1, 0.15) is 5.56 Å². The first-order valence-electron chi connectivity index (χ1n) is 6.41. The molecule has 3 heterocycles. The van der Waals surface area contributed by atoms with Crippen LogP contribution in [0.25, 0.3) is 0 Å². The van der Waals surface area contributed by atoms with Crippen molar-refractivity contribution in [3.8, 4) is 0 Å². The predicted octanol–water partition coefficient (Wildman–Crippen LogP) is -0.356. The molecule has 0 amide bonds. The maximum absolute atomic E-state index is 11.9. The average molecular weight is 265 g/mol. The molecular weight excluding hydrogens is 250 g/mol. The number of carboxylic acids is 1. The molecule has 7 nitrogen and oxygen atoms in total. The van der Waals surface area contributed by atoms with Gasteiger partial charge in [0.05, 0.1) is 6.04 Å². The number of aromatic carboxylic acids is 1. The molecule has 2 atom stereocenters. The largest absolute Gasteiger partial charge is 0.477 e. The molecule has 19 heavy (non-hydrogen) atoms. The second kappa shape index (κ2) is 4.34. The van der Waals surface area contributed by atoms with Crippen molar-refractivity contribution in [2.75, 3.05) is 13.1 Å². The van der Waals surface area contributed by atoms with Crippen LogP contribution in [0.1, 0.15) is 35.7 Å². The number of nitrogens with one attached hydrogen (secondary N) is 1. The zero-order valence-corrected chi connectivity index (χ0v) is 10.3. The van der Waals surface area contributed by atoms with Gasteiger partial charge >= 0.3 is 11.7 Å². The van der Waals surface area contributed by atoms with Gasteiger partial charge in [-0.3, -0.25) is 19.2 Å². The highest BCUT2D eigenvalue weighted by Crippen LogP contribution is 2.34. The average Bonchev–Trinajstić information content (AvgIpc) is 2.91. The van der Waals surface area contributed by atoms with E-state index in [1.54, 1.807) is 0 Å². The second-order valence-electron chi connectivity index (χ2n) is 5.12. The van der Waals surface area contributed by atoms with Crippen molar-refractivity contribution in [1.82, 2.24) is 14.5 Å². The Balaban J connectivity index is 2.05. The van der Waals surface area contributed by atoms with Crippen molar-refractivity contribution in [2.45, 2.75) is 31.3 Å². The molecule has 0 spiro atoms. The van der Waals surface area contributed by atoms with Gasteiger partial charge in [0, 0.05) is 18.8 Å². The number of H-pyrrole nitrogens is 1. The van der Waals surface area contributed by atoms with Crippen molar-refractivity contribution in [1.29, 1.82) is 0 Å². The molecule has 2 saturated heterocycles. The first kappa shape index (κ1) is 12.2. The van der Waals surface area contributed by atoms with Crippen molar-refractivity contribution in [3.05, 3.63) is 32.6 Å². The topological polar surface area (TPSA) is 95.4 Å². The van der Waals surface area contributed by atoms with E-state index in [1.807, 2.05) is 0 Å². The summed E-state index contributed by atoms with van der Waals surface area (Å²) in [7, 11) is 0. The zero-order valence-electron chi connectivity index (χ0n) is 10.3. The minimum atomic E-state index is -1.31. The van der Waals surface area contributed by atoms with Crippen molar-refractivity contribution in [3.63, 3.8) is 0 Å². The molecule has 0 saturated carbocycles. The monoisotopic (exact) mass is 265 g/mol. The van der Waals surface area contributed by atoms with E-state index in [0.29, 0.717) is 0 Å².